The molecule has 0 aromatic heterocycles. The Morgan fingerprint density at radius 1 is 0.931 bits per heavy atom. The van der Waals surface area contributed by atoms with Crippen LogP contribution in [0.1, 0.15) is 38.5 Å². The zero-order valence-electron chi connectivity index (χ0n) is 17.2. The molecule has 0 spiro atoms. The van der Waals surface area contributed by atoms with Crippen LogP contribution in [0.4, 0.5) is 0 Å². The quantitative estimate of drug-likeness (QED) is 0.493. The molecule has 1 radical (unpaired) electrons. The lowest BCUT2D eigenvalue weighted by Crippen LogP contribution is -2.58. The van der Waals surface area contributed by atoms with Crippen LogP contribution in [-0.4, -0.2) is 37.2 Å². The van der Waals surface area contributed by atoms with Crippen LogP contribution in [0.3, 0.4) is 0 Å². The number of fused-ring (bicyclic) bond motifs is 2. The summed E-state index contributed by atoms with van der Waals surface area (Å²) in [5.74, 6) is -1.13. The minimum atomic E-state index is -0.831. The standard InChI is InChI=1S/C23H30N3O3/c1-24-23(25-2)15-13-11-9-7-5-3-4-6-8-10-12-14-21(28)26-20-17-18(27)16-19(23)22(20)29/h3-5,8,10,12,14,16-17,24-25H,6-7,9,11,13,15H2,1-2H3,(H,26,28)/b5-3-,10-8-,14-12-. The van der Waals surface area contributed by atoms with Gasteiger partial charge in [0.25, 0.3) is 0 Å². The van der Waals surface area contributed by atoms with Crippen LogP contribution in [0, 0.1) is 6.42 Å². The minimum absolute atomic E-state index is 0.00328. The molecule has 0 aromatic carbocycles. The molecule has 2 bridgehead atoms. The highest BCUT2D eigenvalue weighted by Crippen LogP contribution is 2.26. The van der Waals surface area contributed by atoms with Gasteiger partial charge >= 0.3 is 0 Å². The van der Waals surface area contributed by atoms with Gasteiger partial charge in [-0.1, -0.05) is 36.8 Å². The van der Waals surface area contributed by atoms with Crippen LogP contribution in [-0.2, 0) is 14.4 Å². The summed E-state index contributed by atoms with van der Waals surface area (Å²) >= 11 is 0. The molecule has 0 atom stereocenters. The van der Waals surface area contributed by atoms with Gasteiger partial charge in [0.15, 0.2) is 5.78 Å². The van der Waals surface area contributed by atoms with E-state index in [1.807, 2.05) is 6.08 Å². The van der Waals surface area contributed by atoms with Crippen molar-refractivity contribution in [2.45, 2.75) is 44.2 Å². The molecule has 1 aliphatic carbocycles. The van der Waals surface area contributed by atoms with E-state index in [4.69, 9.17) is 0 Å². The van der Waals surface area contributed by atoms with Crippen molar-refractivity contribution < 1.29 is 14.4 Å². The van der Waals surface area contributed by atoms with Crippen molar-refractivity contribution in [1.29, 1.82) is 0 Å². The van der Waals surface area contributed by atoms with Gasteiger partial charge in [0.1, 0.15) is 0 Å². The Morgan fingerprint density at radius 3 is 2.48 bits per heavy atom. The van der Waals surface area contributed by atoms with E-state index in [-0.39, 0.29) is 17.3 Å². The summed E-state index contributed by atoms with van der Waals surface area (Å²) in [4.78, 5) is 37.5. The Hall–Kier alpha value is -2.57. The zero-order chi connectivity index (χ0) is 21.1. The molecule has 2 aliphatic rings. The van der Waals surface area contributed by atoms with E-state index in [0.29, 0.717) is 12.0 Å². The van der Waals surface area contributed by atoms with E-state index < -0.39 is 11.6 Å². The number of carbonyl (C=O) groups is 3. The minimum Gasteiger partial charge on any atom is -0.319 e. The van der Waals surface area contributed by atoms with Gasteiger partial charge in [0.05, 0.1) is 11.4 Å². The largest absolute Gasteiger partial charge is 0.319 e. The second-order valence-corrected chi connectivity index (χ2v) is 7.03. The fourth-order valence-electron chi connectivity index (χ4n) is 3.44. The van der Waals surface area contributed by atoms with Crippen LogP contribution < -0.4 is 16.0 Å². The van der Waals surface area contributed by atoms with Crippen molar-refractivity contribution in [2.75, 3.05) is 14.1 Å². The first-order valence-corrected chi connectivity index (χ1v) is 10.1. The monoisotopic (exact) mass is 396 g/mol. The average Bonchev–Trinajstić information content (AvgIpc) is 2.71. The molecule has 155 valence electrons. The SMILES string of the molecule is CNC1(NC)CCCCC/C=C\[CH]C/C=C\C=C/C(=O)NC2=CC(=O)C=C1C2=O. The predicted molar refractivity (Wildman–Crippen MR) is 115 cm³/mol. The van der Waals surface area contributed by atoms with Crippen LogP contribution >= 0.6 is 0 Å². The van der Waals surface area contributed by atoms with Gasteiger partial charge in [-0.25, -0.2) is 0 Å². The predicted octanol–water partition coefficient (Wildman–Crippen LogP) is 2.43. The Labute approximate surface area is 172 Å². The number of carbonyl (C=O) groups excluding carboxylic acids is 3. The van der Waals surface area contributed by atoms with Gasteiger partial charge in [-0.05, 0) is 58.7 Å². The van der Waals surface area contributed by atoms with Gasteiger partial charge in [0, 0.05) is 17.7 Å². The maximum atomic E-state index is 13.1. The van der Waals surface area contributed by atoms with E-state index in [2.05, 4.69) is 34.5 Å². The Morgan fingerprint density at radius 2 is 1.72 bits per heavy atom. The zero-order valence-corrected chi connectivity index (χ0v) is 17.2. The maximum Gasteiger partial charge on any atom is 0.248 e. The fourth-order valence-corrected chi connectivity index (χ4v) is 3.44. The molecule has 1 amide bonds. The number of hydrogen-bond acceptors (Lipinski definition) is 5. The second kappa shape index (κ2) is 11.4. The summed E-state index contributed by atoms with van der Waals surface area (Å²) in [6, 6.07) is 0. The number of amides is 1. The highest BCUT2D eigenvalue weighted by Gasteiger charge is 2.38. The molecule has 6 heteroatoms. The molecule has 2 rings (SSSR count). The first-order valence-electron chi connectivity index (χ1n) is 10.1. The van der Waals surface area contributed by atoms with Crippen molar-refractivity contribution in [3.63, 3.8) is 0 Å². The summed E-state index contributed by atoms with van der Waals surface area (Å²) in [5, 5.41) is 8.90. The molecular weight excluding hydrogens is 366 g/mol. The molecule has 0 saturated carbocycles. The molecule has 0 unspecified atom stereocenters. The molecule has 0 aromatic rings. The lowest BCUT2D eigenvalue weighted by atomic mass is 9.85. The van der Waals surface area contributed by atoms with E-state index in [9.17, 15) is 14.4 Å². The Kier molecular flexibility index (Phi) is 8.96. The van der Waals surface area contributed by atoms with Crippen molar-refractivity contribution >= 4 is 17.5 Å². The van der Waals surface area contributed by atoms with Crippen LogP contribution in [0.25, 0.3) is 0 Å². The molecule has 1 aliphatic heterocycles. The highest BCUT2D eigenvalue weighted by atomic mass is 16.2. The number of nitrogens with one attached hydrogen (secondary N) is 3. The molecule has 3 N–H and O–H groups in total. The molecule has 0 fully saturated rings. The van der Waals surface area contributed by atoms with Gasteiger partial charge < -0.3 is 5.32 Å². The van der Waals surface area contributed by atoms with Crippen LogP contribution in [0.5, 0.6) is 0 Å². The van der Waals surface area contributed by atoms with Crippen molar-refractivity contribution in [3.8, 4) is 0 Å². The summed E-state index contributed by atoms with van der Waals surface area (Å²) in [6.07, 6.45) is 20.8. The molecule has 1 heterocycles. The third-order valence-corrected chi connectivity index (χ3v) is 5.10. The first-order chi connectivity index (χ1) is 14.0. The van der Waals surface area contributed by atoms with E-state index >= 15 is 0 Å². The Bertz CT molecular complexity index is 768. The lowest BCUT2D eigenvalue weighted by Gasteiger charge is -2.36. The summed E-state index contributed by atoms with van der Waals surface area (Å²) in [6.45, 7) is 0. The molecule has 29 heavy (non-hydrogen) atoms. The highest BCUT2D eigenvalue weighted by molar-refractivity contribution is 6.22. The number of likely N-dealkylation sites (N-methyl/N-ethyl adjacent to an activating group) is 2. The maximum absolute atomic E-state index is 13.1. The molecular formula is C23H30N3O3. The number of ketones is 2. The summed E-state index contributed by atoms with van der Waals surface area (Å²) in [7, 11) is 3.52. The van der Waals surface area contributed by atoms with Gasteiger partial charge in [0.2, 0.25) is 11.7 Å². The second-order valence-electron chi connectivity index (χ2n) is 7.03. The number of rotatable bonds is 2. The lowest BCUT2D eigenvalue weighted by molar-refractivity contribution is -0.119. The van der Waals surface area contributed by atoms with Crippen LogP contribution in [0.2, 0.25) is 0 Å². The molecule has 0 saturated heterocycles. The topological polar surface area (TPSA) is 87.3 Å². The first kappa shape index (κ1) is 22.7. The van der Waals surface area contributed by atoms with E-state index in [0.717, 1.165) is 32.1 Å². The third kappa shape index (κ3) is 6.48. The van der Waals surface area contributed by atoms with Gasteiger partial charge in [-0.2, -0.15) is 0 Å². The van der Waals surface area contributed by atoms with Crippen molar-refractivity contribution in [1.82, 2.24) is 16.0 Å². The number of allylic oxidation sites excluding steroid dienone is 8. The van der Waals surface area contributed by atoms with Gasteiger partial charge in [-0.15, -0.1) is 0 Å². The fraction of sp³-hybridized carbons (Fsp3) is 0.391. The third-order valence-electron chi connectivity index (χ3n) is 5.10. The van der Waals surface area contributed by atoms with Crippen molar-refractivity contribution in [2.24, 2.45) is 0 Å². The number of hydrogen-bond donors (Lipinski definition) is 3. The van der Waals surface area contributed by atoms with Gasteiger partial charge in [-0.3, -0.25) is 25.0 Å². The number of Topliss-reactive ketones (excluding diaryl/α,β-unsaturated/α-hetero) is 1. The normalized spacial score (nSPS) is 24.8. The van der Waals surface area contributed by atoms with Crippen LogP contribution in [0.15, 0.2) is 59.9 Å². The summed E-state index contributed by atoms with van der Waals surface area (Å²) in [5.41, 5.74) is -0.514. The van der Waals surface area contributed by atoms with Crippen molar-refractivity contribution in [3.05, 3.63) is 66.3 Å². The smallest absolute Gasteiger partial charge is 0.248 e. The van der Waals surface area contributed by atoms with E-state index in [1.165, 1.54) is 18.2 Å². The molecule has 6 nitrogen and oxygen atoms in total. The summed E-state index contributed by atoms with van der Waals surface area (Å²) < 4.78 is 0. The van der Waals surface area contributed by atoms with E-state index in [1.54, 1.807) is 26.2 Å². The Balaban J connectivity index is 2.28. The average molecular weight is 397 g/mol.